The average molecular weight is 373 g/mol. The fourth-order valence-corrected chi connectivity index (χ4v) is 2.86. The van der Waals surface area contributed by atoms with E-state index in [4.69, 9.17) is 0 Å². The van der Waals surface area contributed by atoms with Gasteiger partial charge in [0.15, 0.2) is 0 Å². The molecule has 5 heteroatoms. The number of nitrogens with one attached hydrogen (secondary N) is 2. The minimum Gasteiger partial charge on any atom is -0.345 e. The molecular formula is C23H23N3O2. The van der Waals surface area contributed by atoms with Gasteiger partial charge in [0.2, 0.25) is 0 Å². The van der Waals surface area contributed by atoms with Crippen LogP contribution in [-0.2, 0) is 0 Å². The zero-order chi connectivity index (χ0) is 19.9. The predicted octanol–water partition coefficient (Wildman–Crippen LogP) is 4.06. The van der Waals surface area contributed by atoms with Crippen molar-refractivity contribution in [2.24, 2.45) is 0 Å². The number of carbonyl (C=O) groups is 2. The minimum atomic E-state index is -0.277. The Morgan fingerprint density at radius 2 is 1.21 bits per heavy atom. The smallest absolute Gasteiger partial charge is 0.270 e. The van der Waals surface area contributed by atoms with Crippen LogP contribution in [0.4, 0.5) is 0 Å². The van der Waals surface area contributed by atoms with Gasteiger partial charge in [-0.25, -0.2) is 0 Å². The average Bonchev–Trinajstić information content (AvgIpc) is 2.75. The summed E-state index contributed by atoms with van der Waals surface area (Å²) in [6.07, 6.45) is 1.43. The molecule has 2 atom stereocenters. The monoisotopic (exact) mass is 373 g/mol. The Morgan fingerprint density at radius 3 is 1.68 bits per heavy atom. The van der Waals surface area contributed by atoms with Gasteiger partial charge in [0.05, 0.1) is 17.6 Å². The van der Waals surface area contributed by atoms with Crippen LogP contribution in [-0.4, -0.2) is 16.8 Å². The molecule has 0 spiro atoms. The summed E-state index contributed by atoms with van der Waals surface area (Å²) in [4.78, 5) is 29.0. The van der Waals surface area contributed by atoms with Crippen molar-refractivity contribution in [3.8, 4) is 0 Å². The molecule has 2 aromatic carbocycles. The topological polar surface area (TPSA) is 71.1 Å². The number of nitrogens with zero attached hydrogens (tertiary/aromatic N) is 1. The van der Waals surface area contributed by atoms with Crippen LogP contribution >= 0.6 is 0 Å². The van der Waals surface area contributed by atoms with Crippen LogP contribution in [0.5, 0.6) is 0 Å². The van der Waals surface area contributed by atoms with Crippen LogP contribution in [0.3, 0.4) is 0 Å². The Morgan fingerprint density at radius 1 is 0.714 bits per heavy atom. The fourth-order valence-electron chi connectivity index (χ4n) is 2.86. The maximum atomic E-state index is 12.4. The van der Waals surface area contributed by atoms with Crippen LogP contribution in [0, 0.1) is 0 Å². The summed E-state index contributed by atoms with van der Waals surface area (Å²) in [5, 5.41) is 5.85. The van der Waals surface area contributed by atoms with Gasteiger partial charge in [-0.1, -0.05) is 60.7 Å². The fraction of sp³-hybridized carbons (Fsp3) is 0.174. The van der Waals surface area contributed by atoms with Crippen LogP contribution in [0.15, 0.2) is 79.0 Å². The molecule has 2 amide bonds. The standard InChI is InChI=1S/C23H23N3O2/c1-16(18-9-5-3-6-10-18)25-22(27)20-13-14-21(24-15-20)23(28)26-17(2)19-11-7-4-8-12-19/h3-17H,1-2H3,(H,25,27)(H,26,28)/t16-,17+/m0/s1. The molecule has 3 rings (SSSR count). The molecule has 5 nitrogen and oxygen atoms in total. The molecule has 0 aliphatic rings. The van der Waals surface area contributed by atoms with Gasteiger partial charge >= 0.3 is 0 Å². The molecule has 28 heavy (non-hydrogen) atoms. The summed E-state index contributed by atoms with van der Waals surface area (Å²) in [6, 6.07) is 22.4. The molecule has 1 heterocycles. The first-order chi connectivity index (χ1) is 13.5. The zero-order valence-electron chi connectivity index (χ0n) is 15.9. The third-order valence-corrected chi connectivity index (χ3v) is 4.55. The number of hydrogen-bond donors (Lipinski definition) is 2. The van der Waals surface area contributed by atoms with E-state index >= 15 is 0 Å². The summed E-state index contributed by atoms with van der Waals surface area (Å²) in [5.74, 6) is -0.505. The lowest BCUT2D eigenvalue weighted by Gasteiger charge is -2.15. The van der Waals surface area contributed by atoms with Crippen molar-refractivity contribution in [2.45, 2.75) is 25.9 Å². The highest BCUT2D eigenvalue weighted by Crippen LogP contribution is 2.14. The lowest BCUT2D eigenvalue weighted by Crippen LogP contribution is -2.28. The van der Waals surface area contributed by atoms with Gasteiger partial charge in [-0.15, -0.1) is 0 Å². The Labute approximate surface area is 164 Å². The highest BCUT2D eigenvalue weighted by atomic mass is 16.2. The molecule has 2 N–H and O–H groups in total. The van der Waals surface area contributed by atoms with E-state index in [1.807, 2.05) is 74.5 Å². The van der Waals surface area contributed by atoms with Crippen molar-refractivity contribution >= 4 is 11.8 Å². The molecule has 0 aliphatic carbocycles. The number of pyridine rings is 1. The van der Waals surface area contributed by atoms with Crippen molar-refractivity contribution < 1.29 is 9.59 Å². The van der Waals surface area contributed by atoms with E-state index in [0.29, 0.717) is 5.56 Å². The normalized spacial score (nSPS) is 12.6. The van der Waals surface area contributed by atoms with Gasteiger partial charge in [0.1, 0.15) is 5.69 Å². The highest BCUT2D eigenvalue weighted by molar-refractivity contribution is 5.96. The van der Waals surface area contributed by atoms with Gasteiger partial charge < -0.3 is 10.6 Å². The van der Waals surface area contributed by atoms with Gasteiger partial charge in [0.25, 0.3) is 11.8 Å². The maximum Gasteiger partial charge on any atom is 0.270 e. The van der Waals surface area contributed by atoms with E-state index < -0.39 is 0 Å². The Balaban J connectivity index is 1.61. The molecule has 0 radical (unpaired) electrons. The predicted molar refractivity (Wildman–Crippen MR) is 109 cm³/mol. The second-order valence-electron chi connectivity index (χ2n) is 6.64. The first-order valence-corrected chi connectivity index (χ1v) is 9.22. The van der Waals surface area contributed by atoms with Crippen LogP contribution in [0.1, 0.15) is 57.9 Å². The van der Waals surface area contributed by atoms with E-state index in [1.54, 1.807) is 12.1 Å². The first-order valence-electron chi connectivity index (χ1n) is 9.22. The molecule has 3 aromatic rings. The van der Waals surface area contributed by atoms with Crippen LogP contribution in [0.2, 0.25) is 0 Å². The number of carbonyl (C=O) groups excluding carboxylic acids is 2. The zero-order valence-corrected chi connectivity index (χ0v) is 15.9. The quantitative estimate of drug-likeness (QED) is 0.684. The summed E-state index contributed by atoms with van der Waals surface area (Å²) in [7, 11) is 0. The molecule has 0 aliphatic heterocycles. The lowest BCUT2D eigenvalue weighted by atomic mass is 10.1. The Hall–Kier alpha value is -3.47. The third kappa shape index (κ3) is 4.82. The summed E-state index contributed by atoms with van der Waals surface area (Å²) in [5.41, 5.74) is 2.72. The van der Waals surface area contributed by atoms with E-state index in [-0.39, 0.29) is 29.6 Å². The van der Waals surface area contributed by atoms with Crippen molar-refractivity contribution in [3.63, 3.8) is 0 Å². The van der Waals surface area contributed by atoms with Crippen molar-refractivity contribution in [1.29, 1.82) is 0 Å². The molecule has 0 bridgehead atoms. The Kier molecular flexibility index (Phi) is 6.17. The van der Waals surface area contributed by atoms with E-state index in [1.165, 1.54) is 6.20 Å². The maximum absolute atomic E-state index is 12.4. The molecule has 0 unspecified atom stereocenters. The van der Waals surface area contributed by atoms with Crippen molar-refractivity contribution in [2.75, 3.05) is 0 Å². The number of amides is 2. The minimum absolute atomic E-state index is 0.122. The van der Waals surface area contributed by atoms with Gasteiger partial charge in [-0.05, 0) is 37.1 Å². The molecular weight excluding hydrogens is 350 g/mol. The second kappa shape index (κ2) is 8.95. The van der Waals surface area contributed by atoms with Crippen molar-refractivity contribution in [3.05, 3.63) is 101 Å². The first kappa shape index (κ1) is 19.3. The third-order valence-electron chi connectivity index (χ3n) is 4.55. The van der Waals surface area contributed by atoms with Crippen molar-refractivity contribution in [1.82, 2.24) is 15.6 Å². The summed E-state index contributed by atoms with van der Waals surface area (Å²) < 4.78 is 0. The molecule has 1 aromatic heterocycles. The summed E-state index contributed by atoms with van der Waals surface area (Å²) >= 11 is 0. The van der Waals surface area contributed by atoms with Crippen LogP contribution in [0.25, 0.3) is 0 Å². The van der Waals surface area contributed by atoms with E-state index in [0.717, 1.165) is 11.1 Å². The SMILES string of the molecule is C[C@H](NC(=O)c1ccc(C(=O)N[C@H](C)c2ccccc2)nc1)c1ccccc1. The molecule has 0 saturated carbocycles. The number of rotatable bonds is 6. The molecule has 142 valence electrons. The molecule has 0 saturated heterocycles. The number of aromatic nitrogens is 1. The van der Waals surface area contributed by atoms with Gasteiger partial charge in [-0.3, -0.25) is 14.6 Å². The Bertz CT molecular complexity index is 847. The van der Waals surface area contributed by atoms with E-state index in [2.05, 4.69) is 15.6 Å². The van der Waals surface area contributed by atoms with E-state index in [9.17, 15) is 9.59 Å². The van der Waals surface area contributed by atoms with Gasteiger partial charge in [0, 0.05) is 6.20 Å². The summed E-state index contributed by atoms with van der Waals surface area (Å²) in [6.45, 7) is 3.84. The number of benzene rings is 2. The van der Waals surface area contributed by atoms with Gasteiger partial charge in [-0.2, -0.15) is 0 Å². The second-order valence-corrected chi connectivity index (χ2v) is 6.64. The highest BCUT2D eigenvalue weighted by Gasteiger charge is 2.15. The lowest BCUT2D eigenvalue weighted by molar-refractivity contribution is 0.0923. The number of hydrogen-bond acceptors (Lipinski definition) is 3. The largest absolute Gasteiger partial charge is 0.345 e. The van der Waals surface area contributed by atoms with Crippen LogP contribution < -0.4 is 10.6 Å². The molecule has 0 fully saturated rings.